The second-order valence-corrected chi connectivity index (χ2v) is 12.6. The van der Waals surface area contributed by atoms with Gasteiger partial charge < -0.3 is 14.9 Å². The second-order valence-electron chi connectivity index (χ2n) is 12.3. The molecule has 2 N–H and O–H groups in total. The smallest absolute Gasteiger partial charge is 0.245 e. The number of carbonyl (C=O) groups excluding carboxylic acids is 3. The number of phenolic OH excluding ortho intramolecular Hbond substituents is 2. The van der Waals surface area contributed by atoms with Gasteiger partial charge in [-0.15, -0.1) is 0 Å². The first-order valence-electron chi connectivity index (χ1n) is 16.1. The van der Waals surface area contributed by atoms with Crippen LogP contribution >= 0.6 is 11.6 Å². The Hall–Kier alpha value is -4.10. The first kappa shape index (κ1) is 52.3. The summed E-state index contributed by atoms with van der Waals surface area (Å²) in [4.78, 5) is 38.7. The molecule has 1 heterocycles. The normalized spacial score (nSPS) is 17.6. The van der Waals surface area contributed by atoms with Crippen molar-refractivity contribution in [1.82, 2.24) is 0 Å². The lowest BCUT2D eigenvalue weighted by molar-refractivity contribution is -0.122. The zero-order valence-electron chi connectivity index (χ0n) is 26.8. The van der Waals surface area contributed by atoms with Crippen molar-refractivity contribution in [2.45, 2.75) is 109 Å². The summed E-state index contributed by atoms with van der Waals surface area (Å²) in [6.07, 6.45) is 11.2. The number of imide groups is 1. The first-order chi connectivity index (χ1) is 22.1. The summed E-state index contributed by atoms with van der Waals surface area (Å²) in [7, 11) is 1.60. The van der Waals surface area contributed by atoms with E-state index in [1.165, 1.54) is 55.2 Å². The molecule has 52 heavy (non-hydrogen) atoms. The fourth-order valence-electron chi connectivity index (χ4n) is 6.92. The average Bonchev–Trinajstić information content (AvgIpc) is 3.29. The number of rotatable bonds is 10. The molecule has 2 amide bonds. The molecule has 5 rings (SSSR count). The number of hydrogen-bond donors (Lipinski definition) is 2. The third kappa shape index (κ3) is 13.5. The zero-order chi connectivity index (χ0) is 33.2. The maximum absolute atomic E-state index is 13.7. The van der Waals surface area contributed by atoms with E-state index in [0.29, 0.717) is 17.5 Å². The summed E-state index contributed by atoms with van der Waals surface area (Å²) in [5, 5.41) is 19.0. The molecule has 3 aromatic rings. The SMILES string of the molecule is C.C.C.C.C.C.CCC(CC(c1ccc(O)cc1)C1C(=O)N(c2ccc(O)cc2)C(=O)C1C)C1CCCCC1.COc1ccc(/C=C/C(=O)Cl)cc1. The number of anilines is 1. The number of phenols is 2. The number of allylic oxidation sites excluding steroid dienone is 1. The monoisotopic (exact) mass is 741 g/mol. The van der Waals surface area contributed by atoms with E-state index in [1.54, 1.807) is 37.5 Å². The summed E-state index contributed by atoms with van der Waals surface area (Å²) in [5.41, 5.74) is 2.42. The van der Waals surface area contributed by atoms with Crippen molar-refractivity contribution < 1.29 is 29.3 Å². The van der Waals surface area contributed by atoms with Crippen molar-refractivity contribution in [3.05, 3.63) is 90.0 Å². The van der Waals surface area contributed by atoms with Crippen LogP contribution in [0.25, 0.3) is 6.08 Å². The quantitative estimate of drug-likeness (QED) is 0.122. The summed E-state index contributed by atoms with van der Waals surface area (Å²) < 4.78 is 4.98. The van der Waals surface area contributed by atoms with Gasteiger partial charge in [0.15, 0.2) is 0 Å². The molecule has 4 unspecified atom stereocenters. The van der Waals surface area contributed by atoms with Gasteiger partial charge in [0, 0.05) is 5.92 Å². The van der Waals surface area contributed by atoms with Crippen molar-refractivity contribution in [3.8, 4) is 17.2 Å². The second kappa shape index (κ2) is 25.0. The van der Waals surface area contributed by atoms with Crippen LogP contribution in [0, 0.1) is 23.7 Å². The number of ether oxygens (including phenoxy) is 1. The predicted octanol–water partition coefficient (Wildman–Crippen LogP) is 12.3. The van der Waals surface area contributed by atoms with Crippen molar-refractivity contribution in [2.75, 3.05) is 12.0 Å². The van der Waals surface area contributed by atoms with E-state index in [-0.39, 0.29) is 73.8 Å². The van der Waals surface area contributed by atoms with Crippen molar-refractivity contribution in [3.63, 3.8) is 0 Å². The molecule has 2 fully saturated rings. The van der Waals surface area contributed by atoms with Crippen LogP contribution in [0.1, 0.15) is 120 Å². The minimum atomic E-state index is -0.476. The molecule has 1 saturated carbocycles. The third-order valence-corrected chi connectivity index (χ3v) is 9.56. The molecule has 2 aliphatic rings. The minimum Gasteiger partial charge on any atom is -0.508 e. The van der Waals surface area contributed by atoms with Gasteiger partial charge in [0.2, 0.25) is 17.1 Å². The average molecular weight is 742 g/mol. The molecule has 0 aromatic heterocycles. The molecule has 1 aliphatic carbocycles. The van der Waals surface area contributed by atoms with Gasteiger partial charge in [-0.05, 0) is 102 Å². The van der Waals surface area contributed by atoms with Crippen LogP contribution in [-0.2, 0) is 14.4 Å². The van der Waals surface area contributed by atoms with Gasteiger partial charge in [-0.3, -0.25) is 19.3 Å². The molecule has 4 atom stereocenters. The number of aromatic hydroxyl groups is 2. The van der Waals surface area contributed by atoms with Gasteiger partial charge in [0.1, 0.15) is 17.2 Å². The number of halogens is 1. The number of benzene rings is 3. The summed E-state index contributed by atoms with van der Waals surface area (Å²) >= 11 is 5.14. The summed E-state index contributed by atoms with van der Waals surface area (Å²) in [6.45, 7) is 4.10. The van der Waals surface area contributed by atoms with E-state index in [1.807, 2.05) is 43.3 Å². The molecule has 0 spiro atoms. The highest BCUT2D eigenvalue weighted by Crippen LogP contribution is 2.46. The third-order valence-electron chi connectivity index (χ3n) is 9.44. The highest BCUT2D eigenvalue weighted by Gasteiger charge is 2.50. The standard InChI is InChI=1S/C28H35NO4.C10H9ClO2.6CH4/c1-3-19(20-7-5-4-6-8-20)17-25(21-9-13-23(30)14-10-21)26-18(2)27(32)29(28(26)33)22-11-15-24(31)16-12-22;1-13-9-5-2-8(3-6-9)4-7-10(11)12;;;;;;/h9-16,18-20,25-26,30-31H,3-8,17H2,1-2H3;2-7H,1H3;6*1H4/b;7-4+;;;;;;. The Bertz CT molecular complexity index is 1480. The van der Waals surface area contributed by atoms with Crippen molar-refractivity contribution >= 4 is 40.4 Å². The molecule has 8 heteroatoms. The van der Waals surface area contributed by atoms with E-state index in [9.17, 15) is 24.6 Å². The van der Waals surface area contributed by atoms with Crippen LogP contribution in [0.4, 0.5) is 5.69 Å². The van der Waals surface area contributed by atoms with E-state index in [0.717, 1.165) is 29.7 Å². The maximum Gasteiger partial charge on any atom is 0.245 e. The van der Waals surface area contributed by atoms with Crippen molar-refractivity contribution in [1.29, 1.82) is 0 Å². The van der Waals surface area contributed by atoms with Gasteiger partial charge in [-0.25, -0.2) is 0 Å². The number of nitrogens with zero attached hydrogens (tertiary/aromatic N) is 1. The van der Waals surface area contributed by atoms with Crippen LogP contribution in [0.3, 0.4) is 0 Å². The highest BCUT2D eigenvalue weighted by molar-refractivity contribution is 6.66. The molecule has 1 saturated heterocycles. The van der Waals surface area contributed by atoms with Crippen LogP contribution < -0.4 is 9.64 Å². The van der Waals surface area contributed by atoms with Crippen LogP contribution in [-0.4, -0.2) is 34.4 Å². The Labute approximate surface area is 321 Å². The maximum atomic E-state index is 13.7. The largest absolute Gasteiger partial charge is 0.508 e. The minimum absolute atomic E-state index is 0. The van der Waals surface area contributed by atoms with Crippen LogP contribution in [0.15, 0.2) is 78.9 Å². The van der Waals surface area contributed by atoms with Crippen LogP contribution in [0.2, 0.25) is 0 Å². The number of carbonyl (C=O) groups is 3. The van der Waals surface area contributed by atoms with Gasteiger partial charge in [0.05, 0.1) is 18.7 Å². The lowest BCUT2D eigenvalue weighted by atomic mass is 9.69. The van der Waals surface area contributed by atoms with Gasteiger partial charge >= 0.3 is 0 Å². The molecular formula is C44H68ClNO6. The molecule has 0 radical (unpaired) electrons. The Morgan fingerprint density at radius 3 is 1.83 bits per heavy atom. The van der Waals surface area contributed by atoms with E-state index in [4.69, 9.17) is 16.3 Å². The number of amides is 2. The molecule has 1 aliphatic heterocycles. The topological polar surface area (TPSA) is 104 Å². The molecular weight excluding hydrogens is 674 g/mol. The number of hydrogen-bond acceptors (Lipinski definition) is 6. The Morgan fingerprint density at radius 2 is 1.35 bits per heavy atom. The molecule has 3 aromatic carbocycles. The molecule has 7 nitrogen and oxygen atoms in total. The Morgan fingerprint density at radius 1 is 0.827 bits per heavy atom. The van der Waals surface area contributed by atoms with E-state index in [2.05, 4.69) is 6.92 Å². The Balaban J connectivity index is -0.00000109. The lowest BCUT2D eigenvalue weighted by Gasteiger charge is -2.34. The fraction of sp³-hybridized carbons (Fsp3) is 0.477. The van der Waals surface area contributed by atoms with Crippen molar-refractivity contribution in [2.24, 2.45) is 23.7 Å². The lowest BCUT2D eigenvalue weighted by Crippen LogP contribution is -2.32. The van der Waals surface area contributed by atoms with Gasteiger partial charge in [-0.1, -0.05) is 127 Å². The summed E-state index contributed by atoms with van der Waals surface area (Å²) in [5.74, 6) is 0.913. The first-order valence-corrected chi connectivity index (χ1v) is 16.5. The molecule has 292 valence electrons. The number of methoxy groups -OCH3 is 1. The summed E-state index contributed by atoms with van der Waals surface area (Å²) in [6, 6.07) is 20.7. The van der Waals surface area contributed by atoms with Gasteiger partial charge in [-0.2, -0.15) is 0 Å². The fourth-order valence-corrected chi connectivity index (χ4v) is 6.98. The van der Waals surface area contributed by atoms with Crippen LogP contribution in [0.5, 0.6) is 17.2 Å². The zero-order valence-corrected chi connectivity index (χ0v) is 27.5. The Kier molecular flexibility index (Phi) is 25.1. The van der Waals surface area contributed by atoms with E-state index < -0.39 is 17.1 Å². The molecule has 0 bridgehead atoms. The van der Waals surface area contributed by atoms with E-state index >= 15 is 0 Å². The van der Waals surface area contributed by atoms with Gasteiger partial charge in [0.25, 0.3) is 0 Å². The predicted molar refractivity (Wildman–Crippen MR) is 222 cm³/mol. The highest BCUT2D eigenvalue weighted by atomic mass is 35.5.